The van der Waals surface area contributed by atoms with Crippen molar-refractivity contribution in [2.45, 2.75) is 26.2 Å². The van der Waals surface area contributed by atoms with Crippen LogP contribution in [0.2, 0.25) is 0 Å². The molecule has 0 unspecified atom stereocenters. The average Bonchev–Trinajstić information content (AvgIpc) is 2.83. The Labute approximate surface area is 103 Å². The first-order valence-electron chi connectivity index (χ1n) is 5.25. The van der Waals surface area contributed by atoms with Gasteiger partial charge in [-0.3, -0.25) is 4.79 Å². The van der Waals surface area contributed by atoms with Crippen LogP contribution in [0.1, 0.15) is 39.5 Å². The van der Waals surface area contributed by atoms with Gasteiger partial charge in [-0.1, -0.05) is 13.8 Å². The smallest absolute Gasteiger partial charge is 0.160 e. The lowest BCUT2D eigenvalue weighted by Gasteiger charge is -2.18. The lowest BCUT2D eigenvalue weighted by molar-refractivity contribution is 0.112. The Bertz CT molecular complexity index is 587. The Morgan fingerprint density at radius 3 is 2.44 bits per heavy atom. The standard InChI is InChI=1S/C13H12OS2/c1-7-4-9-11(15-7)12-10(13(9,2)3)5-8(6-14)16-12/h4-6H,1-3H3. The number of carbonyl (C=O) groups is 1. The van der Waals surface area contributed by atoms with Crippen LogP contribution < -0.4 is 0 Å². The molecule has 2 aromatic heterocycles. The highest BCUT2D eigenvalue weighted by atomic mass is 32.1. The Balaban J connectivity index is 2.34. The summed E-state index contributed by atoms with van der Waals surface area (Å²) in [7, 11) is 0. The fraction of sp³-hybridized carbons (Fsp3) is 0.308. The molecule has 2 heterocycles. The van der Waals surface area contributed by atoms with E-state index in [1.54, 1.807) is 11.3 Å². The second-order valence-electron chi connectivity index (χ2n) is 4.73. The van der Waals surface area contributed by atoms with Crippen LogP contribution >= 0.6 is 22.7 Å². The van der Waals surface area contributed by atoms with E-state index in [2.05, 4.69) is 32.9 Å². The summed E-state index contributed by atoms with van der Waals surface area (Å²) in [4.78, 5) is 15.7. The molecule has 0 N–H and O–H groups in total. The van der Waals surface area contributed by atoms with Crippen LogP contribution in [-0.2, 0) is 5.41 Å². The number of thiophene rings is 2. The second-order valence-corrected chi connectivity index (χ2v) is 7.07. The molecule has 0 saturated carbocycles. The molecule has 0 fully saturated rings. The molecule has 0 saturated heterocycles. The number of aryl methyl sites for hydroxylation is 1. The minimum atomic E-state index is 0.0627. The van der Waals surface area contributed by atoms with Crippen molar-refractivity contribution in [3.05, 3.63) is 33.0 Å². The van der Waals surface area contributed by atoms with Crippen LogP contribution in [0.15, 0.2) is 12.1 Å². The van der Waals surface area contributed by atoms with E-state index in [0.717, 1.165) is 11.2 Å². The van der Waals surface area contributed by atoms with Gasteiger partial charge in [0.2, 0.25) is 0 Å². The van der Waals surface area contributed by atoms with Crippen LogP contribution in [0.4, 0.5) is 0 Å². The normalized spacial score (nSPS) is 15.9. The minimum Gasteiger partial charge on any atom is -0.297 e. The van der Waals surface area contributed by atoms with Crippen molar-refractivity contribution < 1.29 is 4.79 Å². The van der Waals surface area contributed by atoms with Gasteiger partial charge in [0.1, 0.15) is 0 Å². The van der Waals surface area contributed by atoms with Crippen LogP contribution in [0.25, 0.3) is 9.75 Å². The number of hydrogen-bond acceptors (Lipinski definition) is 3. The Hall–Kier alpha value is -0.930. The van der Waals surface area contributed by atoms with E-state index in [0.29, 0.717) is 0 Å². The fourth-order valence-corrected chi connectivity index (χ4v) is 4.86. The van der Waals surface area contributed by atoms with Gasteiger partial charge < -0.3 is 0 Å². The van der Waals surface area contributed by atoms with Gasteiger partial charge in [0.25, 0.3) is 0 Å². The molecule has 3 rings (SSSR count). The number of aldehydes is 1. The molecule has 0 atom stereocenters. The van der Waals surface area contributed by atoms with Gasteiger partial charge in [-0.15, -0.1) is 22.7 Å². The van der Waals surface area contributed by atoms with Gasteiger partial charge in [-0.25, -0.2) is 0 Å². The molecular weight excluding hydrogens is 236 g/mol. The number of hydrogen-bond donors (Lipinski definition) is 0. The molecule has 0 aliphatic heterocycles. The zero-order chi connectivity index (χ0) is 11.5. The molecule has 82 valence electrons. The van der Waals surface area contributed by atoms with Gasteiger partial charge in [-0.05, 0) is 30.2 Å². The summed E-state index contributed by atoms with van der Waals surface area (Å²) in [6, 6.07) is 4.34. The van der Waals surface area contributed by atoms with E-state index < -0.39 is 0 Å². The van der Waals surface area contributed by atoms with Crippen molar-refractivity contribution in [2.24, 2.45) is 0 Å². The van der Waals surface area contributed by atoms with Crippen molar-refractivity contribution in [3.8, 4) is 9.75 Å². The summed E-state index contributed by atoms with van der Waals surface area (Å²) in [6.45, 7) is 6.63. The van der Waals surface area contributed by atoms with Crippen molar-refractivity contribution in [2.75, 3.05) is 0 Å². The summed E-state index contributed by atoms with van der Waals surface area (Å²) in [5.41, 5.74) is 2.81. The van der Waals surface area contributed by atoms with Crippen LogP contribution in [0, 0.1) is 6.92 Å². The Kier molecular flexibility index (Phi) is 1.95. The van der Waals surface area contributed by atoms with E-state index in [1.165, 1.54) is 25.8 Å². The van der Waals surface area contributed by atoms with Crippen LogP contribution in [-0.4, -0.2) is 6.29 Å². The van der Waals surface area contributed by atoms with E-state index in [-0.39, 0.29) is 5.41 Å². The van der Waals surface area contributed by atoms with Gasteiger partial charge in [0.15, 0.2) is 6.29 Å². The van der Waals surface area contributed by atoms with E-state index in [1.807, 2.05) is 11.3 Å². The third kappa shape index (κ3) is 1.13. The first-order chi connectivity index (χ1) is 7.54. The maximum Gasteiger partial charge on any atom is 0.160 e. The van der Waals surface area contributed by atoms with Gasteiger partial charge in [-0.2, -0.15) is 0 Å². The summed E-state index contributed by atoms with van der Waals surface area (Å²) in [6.07, 6.45) is 0.958. The fourth-order valence-electron chi connectivity index (χ4n) is 2.39. The van der Waals surface area contributed by atoms with E-state index >= 15 is 0 Å². The zero-order valence-electron chi connectivity index (χ0n) is 9.46. The molecule has 1 aliphatic rings. The van der Waals surface area contributed by atoms with Crippen molar-refractivity contribution in [1.82, 2.24) is 0 Å². The molecule has 1 nitrogen and oxygen atoms in total. The maximum absolute atomic E-state index is 10.9. The lowest BCUT2D eigenvalue weighted by atomic mass is 9.84. The predicted octanol–water partition coefficient (Wildman–Crippen LogP) is 4.24. The molecule has 0 amide bonds. The number of rotatable bonds is 1. The van der Waals surface area contributed by atoms with Gasteiger partial charge in [0.05, 0.1) is 4.88 Å². The lowest BCUT2D eigenvalue weighted by Crippen LogP contribution is -2.13. The van der Waals surface area contributed by atoms with Crippen LogP contribution in [0.3, 0.4) is 0 Å². The highest BCUT2D eigenvalue weighted by Gasteiger charge is 2.38. The zero-order valence-corrected chi connectivity index (χ0v) is 11.1. The summed E-state index contributed by atoms with van der Waals surface area (Å²) in [5.74, 6) is 0. The Morgan fingerprint density at radius 2 is 1.75 bits per heavy atom. The second kappa shape index (κ2) is 3.05. The molecule has 3 heteroatoms. The third-order valence-electron chi connectivity index (χ3n) is 3.28. The SMILES string of the molecule is Cc1cc2c(s1)-c1sc(C=O)cc1C2(C)C. The third-order valence-corrected chi connectivity index (χ3v) is 5.55. The number of fused-ring (bicyclic) bond motifs is 3. The largest absolute Gasteiger partial charge is 0.297 e. The predicted molar refractivity (Wildman–Crippen MR) is 69.9 cm³/mol. The summed E-state index contributed by atoms with van der Waals surface area (Å²) in [5, 5.41) is 0. The van der Waals surface area contributed by atoms with E-state index in [4.69, 9.17) is 0 Å². The van der Waals surface area contributed by atoms with Gasteiger partial charge in [0, 0.05) is 20.0 Å². The molecule has 0 aromatic carbocycles. The molecular formula is C13H12OS2. The minimum absolute atomic E-state index is 0.0627. The highest BCUT2D eigenvalue weighted by Crippen LogP contribution is 2.55. The topological polar surface area (TPSA) is 17.1 Å². The quantitative estimate of drug-likeness (QED) is 0.690. The first-order valence-corrected chi connectivity index (χ1v) is 6.88. The monoisotopic (exact) mass is 248 g/mol. The molecule has 1 aliphatic carbocycles. The van der Waals surface area contributed by atoms with E-state index in [9.17, 15) is 4.79 Å². The first kappa shape index (κ1) is 10.2. The van der Waals surface area contributed by atoms with Crippen LogP contribution in [0.5, 0.6) is 0 Å². The van der Waals surface area contributed by atoms with Crippen molar-refractivity contribution >= 4 is 29.0 Å². The molecule has 0 bridgehead atoms. The van der Waals surface area contributed by atoms with Crippen molar-refractivity contribution in [3.63, 3.8) is 0 Å². The average molecular weight is 248 g/mol. The molecule has 2 aromatic rings. The molecule has 0 spiro atoms. The number of carbonyl (C=O) groups excluding carboxylic acids is 1. The summed E-state index contributed by atoms with van der Waals surface area (Å²) < 4.78 is 0. The Morgan fingerprint density at radius 1 is 1.12 bits per heavy atom. The van der Waals surface area contributed by atoms with Gasteiger partial charge >= 0.3 is 0 Å². The highest BCUT2D eigenvalue weighted by molar-refractivity contribution is 7.23. The maximum atomic E-state index is 10.9. The molecule has 16 heavy (non-hydrogen) atoms. The van der Waals surface area contributed by atoms with Crippen molar-refractivity contribution in [1.29, 1.82) is 0 Å². The summed E-state index contributed by atoms with van der Waals surface area (Å²) >= 11 is 3.46. The molecule has 0 radical (unpaired) electrons.